The molecular weight excluding hydrogens is 362 g/mol. The number of nitrogens with two attached hydrogens (primary N) is 1. The Morgan fingerprint density at radius 2 is 2.20 bits per heavy atom. The first kappa shape index (κ1) is 13.9. The first-order valence-electron chi connectivity index (χ1n) is 5.74. The van der Waals surface area contributed by atoms with Gasteiger partial charge < -0.3 is 11.1 Å². The number of halogens is 2. The fourth-order valence-electron chi connectivity index (χ4n) is 1.90. The normalized spacial score (nSPS) is 16.9. The minimum atomic E-state index is -0.603. The molecule has 1 aliphatic rings. The Kier molecular flexibility index (Phi) is 3.72. The molecule has 2 heterocycles. The maximum atomic E-state index is 11.6. The van der Waals surface area contributed by atoms with E-state index in [1.54, 1.807) is 12.3 Å². The highest BCUT2D eigenvalue weighted by Gasteiger charge is 2.28. The number of nitrogens with one attached hydrogen (secondary N) is 1. The average Bonchev–Trinajstić information content (AvgIpc) is 2.69. The molecule has 3 rings (SSSR count). The number of rotatable bonds is 2. The number of pyridine rings is 1. The lowest BCUT2D eigenvalue weighted by molar-refractivity contribution is -0.116. The number of hydrogen-bond acceptors (Lipinski definition) is 4. The summed E-state index contributed by atoms with van der Waals surface area (Å²) in [6.07, 6.45) is 1.60. The van der Waals surface area contributed by atoms with Crippen molar-refractivity contribution >= 4 is 50.9 Å². The smallest absolute Gasteiger partial charge is 0.245 e. The quantitative estimate of drug-likeness (QED) is 0.847. The van der Waals surface area contributed by atoms with Crippen LogP contribution >= 0.6 is 39.3 Å². The number of fused-ring (bicyclic) bond motifs is 1. The Hall–Kier alpha value is -1.08. The number of nitrogens with zero attached hydrogens (tertiary/aromatic N) is 1. The molecule has 20 heavy (non-hydrogen) atoms. The molecule has 0 aliphatic carbocycles. The van der Waals surface area contributed by atoms with Gasteiger partial charge in [-0.15, -0.1) is 0 Å². The van der Waals surface area contributed by atoms with Crippen molar-refractivity contribution in [2.45, 2.75) is 16.0 Å². The van der Waals surface area contributed by atoms with E-state index in [1.807, 2.05) is 18.2 Å². The Morgan fingerprint density at radius 1 is 1.40 bits per heavy atom. The van der Waals surface area contributed by atoms with E-state index in [-0.39, 0.29) is 5.91 Å². The summed E-state index contributed by atoms with van der Waals surface area (Å²) in [5.74, 6) is -0.182. The Bertz CT molecular complexity index is 693. The van der Waals surface area contributed by atoms with Crippen LogP contribution in [-0.4, -0.2) is 10.9 Å². The van der Waals surface area contributed by atoms with Gasteiger partial charge in [-0.25, -0.2) is 4.98 Å². The van der Waals surface area contributed by atoms with Crippen LogP contribution in [0.2, 0.25) is 5.02 Å². The molecule has 1 unspecified atom stereocenters. The minimum Gasteiger partial charge on any atom is -0.324 e. The number of hydrogen-bond donors (Lipinski definition) is 2. The van der Waals surface area contributed by atoms with Crippen molar-refractivity contribution in [3.05, 3.63) is 45.5 Å². The topological polar surface area (TPSA) is 68.0 Å². The van der Waals surface area contributed by atoms with Gasteiger partial charge in [-0.1, -0.05) is 23.4 Å². The lowest BCUT2D eigenvalue weighted by Gasteiger charge is -2.08. The maximum Gasteiger partial charge on any atom is 0.245 e. The molecule has 4 nitrogen and oxygen atoms in total. The highest BCUT2D eigenvalue weighted by molar-refractivity contribution is 9.10. The number of aromatic nitrogens is 1. The lowest BCUT2D eigenvalue weighted by Crippen LogP contribution is -2.19. The number of anilines is 1. The lowest BCUT2D eigenvalue weighted by atomic mass is 10.1. The molecule has 0 saturated heterocycles. The van der Waals surface area contributed by atoms with E-state index in [9.17, 15) is 4.79 Å². The molecule has 1 aromatic heterocycles. The van der Waals surface area contributed by atoms with E-state index >= 15 is 0 Å². The second-order valence-corrected chi connectivity index (χ2v) is 6.61. The first-order chi connectivity index (χ1) is 9.54. The molecule has 0 spiro atoms. The molecule has 3 N–H and O–H groups in total. The van der Waals surface area contributed by atoms with Crippen molar-refractivity contribution in [3.8, 4) is 0 Å². The molecular formula is C13H9BrClN3OS. The van der Waals surface area contributed by atoms with Crippen molar-refractivity contribution in [1.82, 2.24) is 4.98 Å². The summed E-state index contributed by atoms with van der Waals surface area (Å²) in [6, 6.07) is 6.79. The van der Waals surface area contributed by atoms with Crippen LogP contribution in [0.4, 0.5) is 5.69 Å². The third-order valence-electron chi connectivity index (χ3n) is 2.89. The molecule has 1 aliphatic heterocycles. The number of carbonyl (C=O) groups excluding carboxylic acids is 1. The number of amides is 1. The third kappa shape index (κ3) is 2.56. The van der Waals surface area contributed by atoms with Crippen LogP contribution in [0.3, 0.4) is 0 Å². The minimum absolute atomic E-state index is 0.182. The van der Waals surface area contributed by atoms with Gasteiger partial charge in [0.15, 0.2) is 0 Å². The van der Waals surface area contributed by atoms with Gasteiger partial charge in [-0.05, 0) is 40.2 Å². The summed E-state index contributed by atoms with van der Waals surface area (Å²) in [7, 11) is 0. The van der Waals surface area contributed by atoms with E-state index in [4.69, 9.17) is 17.3 Å². The molecule has 0 saturated carbocycles. The number of benzene rings is 1. The van der Waals surface area contributed by atoms with Crippen molar-refractivity contribution < 1.29 is 4.79 Å². The summed E-state index contributed by atoms with van der Waals surface area (Å²) in [5.41, 5.74) is 7.36. The predicted molar refractivity (Wildman–Crippen MR) is 83.1 cm³/mol. The second-order valence-electron chi connectivity index (χ2n) is 4.25. The zero-order chi connectivity index (χ0) is 14.3. The molecule has 1 atom stereocenters. The van der Waals surface area contributed by atoms with Crippen LogP contribution in [0, 0.1) is 0 Å². The summed E-state index contributed by atoms with van der Waals surface area (Å²) in [5, 5.41) is 4.19. The van der Waals surface area contributed by atoms with Crippen LogP contribution in [0.5, 0.6) is 0 Å². The molecule has 2 aromatic rings. The van der Waals surface area contributed by atoms with Gasteiger partial charge in [0.2, 0.25) is 5.91 Å². The SMILES string of the molecule is NC1C(=O)Nc2cc(Sc3ccc(Cl)cn3)c(Br)cc21. The molecule has 0 radical (unpaired) electrons. The van der Waals surface area contributed by atoms with Gasteiger partial charge in [0.1, 0.15) is 11.1 Å². The molecule has 1 aromatic carbocycles. The number of carbonyl (C=O) groups is 1. The van der Waals surface area contributed by atoms with Gasteiger partial charge >= 0.3 is 0 Å². The Labute approximate surface area is 133 Å². The largest absolute Gasteiger partial charge is 0.324 e. The van der Waals surface area contributed by atoms with Gasteiger partial charge in [-0.2, -0.15) is 0 Å². The van der Waals surface area contributed by atoms with Crippen LogP contribution in [-0.2, 0) is 4.79 Å². The summed E-state index contributed by atoms with van der Waals surface area (Å²) < 4.78 is 0.880. The van der Waals surface area contributed by atoms with Gasteiger partial charge in [0.25, 0.3) is 0 Å². The molecule has 0 bridgehead atoms. The van der Waals surface area contributed by atoms with Crippen LogP contribution < -0.4 is 11.1 Å². The third-order valence-corrected chi connectivity index (χ3v) is 5.04. The average molecular weight is 371 g/mol. The van der Waals surface area contributed by atoms with E-state index in [2.05, 4.69) is 26.2 Å². The summed E-state index contributed by atoms with van der Waals surface area (Å²) >= 11 is 10.8. The zero-order valence-corrected chi connectivity index (χ0v) is 13.2. The second kappa shape index (κ2) is 5.37. The molecule has 102 valence electrons. The first-order valence-corrected chi connectivity index (χ1v) is 7.72. The molecule has 1 amide bonds. The maximum absolute atomic E-state index is 11.6. The highest BCUT2D eigenvalue weighted by Crippen LogP contribution is 2.40. The zero-order valence-electron chi connectivity index (χ0n) is 10.1. The highest BCUT2D eigenvalue weighted by atomic mass is 79.9. The van der Waals surface area contributed by atoms with Crippen molar-refractivity contribution in [2.24, 2.45) is 5.73 Å². The Balaban J connectivity index is 1.94. The fourth-order valence-corrected chi connectivity index (χ4v) is 3.42. The van der Waals surface area contributed by atoms with E-state index < -0.39 is 6.04 Å². The van der Waals surface area contributed by atoms with Crippen molar-refractivity contribution in [1.29, 1.82) is 0 Å². The van der Waals surface area contributed by atoms with Crippen molar-refractivity contribution in [3.63, 3.8) is 0 Å². The van der Waals surface area contributed by atoms with Crippen molar-refractivity contribution in [2.75, 3.05) is 5.32 Å². The monoisotopic (exact) mass is 369 g/mol. The summed E-state index contributed by atoms with van der Waals surface area (Å²) in [4.78, 5) is 16.8. The van der Waals surface area contributed by atoms with Gasteiger partial charge in [-0.3, -0.25) is 4.79 Å². The van der Waals surface area contributed by atoms with Crippen LogP contribution in [0.25, 0.3) is 0 Å². The van der Waals surface area contributed by atoms with Gasteiger partial charge in [0.05, 0.1) is 5.02 Å². The Morgan fingerprint density at radius 3 is 2.90 bits per heavy atom. The fraction of sp³-hybridized carbons (Fsp3) is 0.0769. The summed E-state index contributed by atoms with van der Waals surface area (Å²) in [6.45, 7) is 0. The van der Waals surface area contributed by atoms with E-state index in [1.165, 1.54) is 11.8 Å². The van der Waals surface area contributed by atoms with Crippen LogP contribution in [0.15, 0.2) is 44.9 Å². The predicted octanol–water partition coefficient (Wildman–Crippen LogP) is 3.60. The van der Waals surface area contributed by atoms with E-state index in [0.29, 0.717) is 5.02 Å². The molecule has 0 fully saturated rings. The molecule has 7 heteroatoms. The van der Waals surface area contributed by atoms with E-state index in [0.717, 1.165) is 25.6 Å². The van der Waals surface area contributed by atoms with Gasteiger partial charge in [0, 0.05) is 26.8 Å². The standard InChI is InChI=1S/C13H9BrClN3OS/c14-8-3-7-9(18-13(19)12(7)16)4-10(8)20-11-2-1-6(15)5-17-11/h1-5,12H,16H2,(H,18,19). The van der Waals surface area contributed by atoms with Crippen LogP contribution in [0.1, 0.15) is 11.6 Å².